The summed E-state index contributed by atoms with van der Waals surface area (Å²) in [5.41, 5.74) is 22.2. The van der Waals surface area contributed by atoms with E-state index in [4.69, 9.17) is 0 Å². The van der Waals surface area contributed by atoms with Crippen LogP contribution in [0.5, 0.6) is 0 Å². The maximum absolute atomic E-state index is 2.54. The summed E-state index contributed by atoms with van der Waals surface area (Å²) in [6.07, 6.45) is 0. The molecule has 0 N–H and O–H groups in total. The Balaban J connectivity index is 1.13. The molecule has 0 bridgehead atoms. The van der Waals surface area contributed by atoms with Crippen LogP contribution in [-0.4, -0.2) is 4.57 Å². The van der Waals surface area contributed by atoms with Gasteiger partial charge in [0.1, 0.15) is 0 Å². The number of benzene rings is 9. The van der Waals surface area contributed by atoms with Crippen LogP contribution in [0.15, 0.2) is 206 Å². The maximum Gasteiger partial charge on any atom is 0.0546 e. The number of hydrogen-bond acceptors (Lipinski definition) is 1. The van der Waals surface area contributed by atoms with Gasteiger partial charge in [-0.05, 0) is 122 Å². The van der Waals surface area contributed by atoms with Crippen molar-refractivity contribution < 1.29 is 0 Å². The lowest BCUT2D eigenvalue weighted by atomic mass is 9.82. The van der Waals surface area contributed by atoms with E-state index in [1.807, 2.05) is 0 Å². The van der Waals surface area contributed by atoms with Crippen LogP contribution in [0.2, 0.25) is 0 Å². The smallest absolute Gasteiger partial charge is 0.0546 e. The summed E-state index contributed by atoms with van der Waals surface area (Å²) < 4.78 is 2.40. The van der Waals surface area contributed by atoms with E-state index in [2.05, 4.69) is 243 Å². The average molecular weight is 795 g/mol. The summed E-state index contributed by atoms with van der Waals surface area (Å²) >= 11 is 0. The molecule has 12 rings (SSSR count). The van der Waals surface area contributed by atoms with E-state index in [-0.39, 0.29) is 10.8 Å². The van der Waals surface area contributed by atoms with E-state index >= 15 is 0 Å². The van der Waals surface area contributed by atoms with E-state index in [0.29, 0.717) is 0 Å². The molecule has 0 amide bonds. The fourth-order valence-electron chi connectivity index (χ4n) is 10.9. The molecule has 0 fully saturated rings. The topological polar surface area (TPSA) is 8.17 Å². The Morgan fingerprint density at radius 2 is 0.839 bits per heavy atom. The third-order valence-electron chi connectivity index (χ3n) is 14.0. The number of anilines is 3. The van der Waals surface area contributed by atoms with Crippen LogP contribution in [0.4, 0.5) is 17.1 Å². The zero-order valence-corrected chi connectivity index (χ0v) is 35.5. The Morgan fingerprint density at radius 3 is 1.48 bits per heavy atom. The van der Waals surface area contributed by atoms with Gasteiger partial charge in [0.15, 0.2) is 0 Å². The minimum absolute atomic E-state index is 0.151. The predicted molar refractivity (Wildman–Crippen MR) is 261 cm³/mol. The molecule has 2 aliphatic carbocycles. The minimum atomic E-state index is -0.151. The lowest BCUT2D eigenvalue weighted by molar-refractivity contribution is 0.660. The zero-order chi connectivity index (χ0) is 41.7. The summed E-state index contributed by atoms with van der Waals surface area (Å²) in [7, 11) is 0. The van der Waals surface area contributed by atoms with Crippen molar-refractivity contribution in [1.29, 1.82) is 0 Å². The molecule has 2 nitrogen and oxygen atoms in total. The van der Waals surface area contributed by atoms with Crippen molar-refractivity contribution >= 4 is 38.9 Å². The van der Waals surface area contributed by atoms with Crippen LogP contribution in [-0.2, 0) is 10.8 Å². The van der Waals surface area contributed by atoms with Crippen molar-refractivity contribution in [1.82, 2.24) is 4.57 Å². The standard InChI is InChI=1S/C60H46N2/c1-59(2)52-24-14-11-21-46(52)48-32-29-43(37-54(48)59)61(44-30-33-49-47-22-12-15-25-53(47)60(3,4)55(49)38-44)58-36-40(39-17-7-5-8-18-39)27-31-45(58)41-28-34-57-51(35-41)50-23-13-16-26-56(50)62(57)42-19-9-6-10-20-42/h5-38H,1-4H3. The van der Waals surface area contributed by atoms with E-state index in [1.54, 1.807) is 0 Å². The summed E-state index contributed by atoms with van der Waals surface area (Å²) in [5.74, 6) is 0. The molecule has 9 aromatic carbocycles. The SMILES string of the molecule is CC1(C)c2ccccc2-c2ccc(N(c3ccc4c(c3)C(C)(C)c3ccccc3-4)c3cc(-c4ccccc4)ccc3-c3ccc4c(c3)c3ccccc3n4-c3ccccc3)cc21. The van der Waals surface area contributed by atoms with Crippen molar-refractivity contribution in [2.75, 3.05) is 4.90 Å². The quantitative estimate of drug-likeness (QED) is 0.163. The highest BCUT2D eigenvalue weighted by molar-refractivity contribution is 6.11. The average Bonchev–Trinajstić information content (AvgIpc) is 3.86. The highest BCUT2D eigenvalue weighted by atomic mass is 15.1. The monoisotopic (exact) mass is 794 g/mol. The molecule has 0 saturated carbocycles. The number of para-hydroxylation sites is 2. The van der Waals surface area contributed by atoms with E-state index in [1.165, 1.54) is 88.6 Å². The van der Waals surface area contributed by atoms with E-state index in [9.17, 15) is 0 Å². The number of fused-ring (bicyclic) bond motifs is 9. The molecule has 1 heterocycles. The Kier molecular flexibility index (Phi) is 7.96. The first-order chi connectivity index (χ1) is 30.3. The third-order valence-corrected chi connectivity index (χ3v) is 14.0. The highest BCUT2D eigenvalue weighted by Gasteiger charge is 2.38. The summed E-state index contributed by atoms with van der Waals surface area (Å²) in [5, 5.41) is 2.48. The fraction of sp³-hybridized carbons (Fsp3) is 0.100. The van der Waals surface area contributed by atoms with Gasteiger partial charge in [-0.3, -0.25) is 0 Å². The summed E-state index contributed by atoms with van der Waals surface area (Å²) in [6, 6.07) is 76.7. The van der Waals surface area contributed by atoms with Crippen LogP contribution in [0.25, 0.3) is 72.0 Å². The van der Waals surface area contributed by atoms with Gasteiger partial charge in [-0.2, -0.15) is 0 Å². The van der Waals surface area contributed by atoms with E-state index in [0.717, 1.165) is 22.7 Å². The van der Waals surface area contributed by atoms with Gasteiger partial charge in [0.2, 0.25) is 0 Å². The van der Waals surface area contributed by atoms with Gasteiger partial charge in [0.05, 0.1) is 16.7 Å². The second-order valence-corrected chi connectivity index (χ2v) is 18.2. The first kappa shape index (κ1) is 36.4. The predicted octanol–water partition coefficient (Wildman–Crippen LogP) is 16.2. The normalized spacial score (nSPS) is 14.1. The van der Waals surface area contributed by atoms with Gasteiger partial charge in [-0.15, -0.1) is 0 Å². The summed E-state index contributed by atoms with van der Waals surface area (Å²) in [4.78, 5) is 2.54. The van der Waals surface area contributed by atoms with Crippen molar-refractivity contribution in [2.24, 2.45) is 0 Å². The van der Waals surface area contributed by atoms with Crippen LogP contribution in [0.3, 0.4) is 0 Å². The van der Waals surface area contributed by atoms with Gasteiger partial charge in [0.25, 0.3) is 0 Å². The van der Waals surface area contributed by atoms with Crippen molar-refractivity contribution in [3.05, 3.63) is 229 Å². The van der Waals surface area contributed by atoms with Crippen LogP contribution in [0.1, 0.15) is 49.9 Å². The van der Waals surface area contributed by atoms with Gasteiger partial charge in [0, 0.05) is 44.2 Å². The number of aromatic nitrogens is 1. The molecule has 10 aromatic rings. The molecule has 2 heteroatoms. The fourth-order valence-corrected chi connectivity index (χ4v) is 10.9. The molecule has 296 valence electrons. The van der Waals surface area contributed by atoms with Gasteiger partial charge >= 0.3 is 0 Å². The van der Waals surface area contributed by atoms with E-state index < -0.39 is 0 Å². The molecule has 2 aliphatic rings. The molecule has 62 heavy (non-hydrogen) atoms. The first-order valence-electron chi connectivity index (χ1n) is 21.8. The lowest BCUT2D eigenvalue weighted by Crippen LogP contribution is -2.18. The Labute approximate surface area is 364 Å². The first-order valence-corrected chi connectivity index (χ1v) is 21.8. The molecule has 0 atom stereocenters. The molecular weight excluding hydrogens is 749 g/mol. The number of hydrogen-bond donors (Lipinski definition) is 0. The Hall–Kier alpha value is -7.42. The molecule has 0 radical (unpaired) electrons. The van der Waals surface area contributed by atoms with Crippen LogP contribution in [0, 0.1) is 0 Å². The van der Waals surface area contributed by atoms with Gasteiger partial charge in [-0.25, -0.2) is 0 Å². The lowest BCUT2D eigenvalue weighted by Gasteiger charge is -2.31. The molecule has 0 unspecified atom stereocenters. The molecular formula is C60H46N2. The van der Waals surface area contributed by atoms with Crippen molar-refractivity contribution in [2.45, 2.75) is 38.5 Å². The summed E-state index contributed by atoms with van der Waals surface area (Å²) in [6.45, 7) is 9.51. The molecule has 0 aliphatic heterocycles. The highest BCUT2D eigenvalue weighted by Crippen LogP contribution is 2.54. The zero-order valence-electron chi connectivity index (χ0n) is 35.5. The Morgan fingerprint density at radius 1 is 0.339 bits per heavy atom. The third kappa shape index (κ3) is 5.36. The maximum atomic E-state index is 2.54. The van der Waals surface area contributed by atoms with Crippen molar-refractivity contribution in [3.63, 3.8) is 0 Å². The van der Waals surface area contributed by atoms with Gasteiger partial charge < -0.3 is 9.47 Å². The molecule has 0 saturated heterocycles. The Bertz CT molecular complexity index is 3300. The number of rotatable bonds is 6. The second-order valence-electron chi connectivity index (χ2n) is 18.2. The van der Waals surface area contributed by atoms with Crippen LogP contribution < -0.4 is 4.90 Å². The van der Waals surface area contributed by atoms with Gasteiger partial charge in [-0.1, -0.05) is 173 Å². The largest absolute Gasteiger partial charge is 0.310 e. The molecule has 0 spiro atoms. The molecule has 1 aromatic heterocycles. The minimum Gasteiger partial charge on any atom is -0.310 e. The van der Waals surface area contributed by atoms with Crippen molar-refractivity contribution in [3.8, 4) is 50.2 Å². The van der Waals surface area contributed by atoms with Crippen LogP contribution >= 0.6 is 0 Å². The second kappa shape index (κ2) is 13.5. The number of nitrogens with zero attached hydrogens (tertiary/aromatic N) is 2.